The molecular weight excluding hydrogens is 407 g/mol. The first-order valence-electron chi connectivity index (χ1n) is 8.08. The molecule has 6 nitrogen and oxygen atoms in total. The monoisotopic (exact) mass is 421 g/mol. The zero-order chi connectivity index (χ0) is 19.8. The molecule has 0 spiro atoms. The number of rotatable bonds is 2. The van der Waals surface area contributed by atoms with Gasteiger partial charge in [0.25, 0.3) is 0 Å². The number of hydrogen-bond acceptors (Lipinski definition) is 3. The summed E-state index contributed by atoms with van der Waals surface area (Å²) in [6, 6.07) is 4.91. The Bertz CT molecular complexity index is 946. The molecule has 1 aliphatic heterocycles. The third-order valence-electron chi connectivity index (χ3n) is 4.41. The lowest BCUT2D eigenvalue weighted by molar-refractivity contribution is -0.169. The van der Waals surface area contributed by atoms with E-state index in [1.54, 1.807) is 22.8 Å². The normalized spacial score (nSPS) is 16.9. The molecule has 1 aromatic carbocycles. The van der Waals surface area contributed by atoms with Gasteiger partial charge in [0.1, 0.15) is 0 Å². The summed E-state index contributed by atoms with van der Waals surface area (Å²) in [7, 11) is 0. The van der Waals surface area contributed by atoms with Crippen LogP contribution in [0.1, 0.15) is 12.8 Å². The van der Waals surface area contributed by atoms with E-state index in [0.717, 1.165) is 11.3 Å². The standard InChI is InChI=1S/C16H15ClF3N3O3S/c17-10-1-2-11-12(7-10)27-14(21-13(24)16(18,19)20)23(11)8-9-3-5-22(6-4-9)15(25)26/h1-2,7,9H,3-6,8H2,(H,25,26). The van der Waals surface area contributed by atoms with Crippen molar-refractivity contribution in [1.29, 1.82) is 0 Å². The van der Waals surface area contributed by atoms with Crippen LogP contribution in [-0.2, 0) is 11.3 Å². The number of carbonyl (C=O) groups is 2. The maximum absolute atomic E-state index is 12.6. The van der Waals surface area contributed by atoms with Gasteiger partial charge in [-0.25, -0.2) is 4.79 Å². The lowest BCUT2D eigenvalue weighted by Gasteiger charge is -2.30. The molecule has 0 unspecified atom stereocenters. The second-order valence-corrected chi connectivity index (χ2v) is 7.68. The fraction of sp³-hybridized carbons (Fsp3) is 0.438. The van der Waals surface area contributed by atoms with Crippen LogP contribution >= 0.6 is 22.9 Å². The molecule has 1 aliphatic rings. The highest BCUT2D eigenvalue weighted by Crippen LogP contribution is 2.26. The molecule has 0 bridgehead atoms. The molecule has 2 amide bonds. The summed E-state index contributed by atoms with van der Waals surface area (Å²) in [6.07, 6.45) is -4.87. The molecule has 0 saturated carbocycles. The van der Waals surface area contributed by atoms with E-state index in [4.69, 9.17) is 16.7 Å². The summed E-state index contributed by atoms with van der Waals surface area (Å²) < 4.78 is 40.1. The maximum atomic E-state index is 12.6. The third-order valence-corrected chi connectivity index (χ3v) is 5.69. The van der Waals surface area contributed by atoms with Gasteiger partial charge in [-0.3, -0.25) is 4.79 Å². The molecule has 1 aromatic heterocycles. The van der Waals surface area contributed by atoms with Crippen molar-refractivity contribution in [2.45, 2.75) is 25.6 Å². The van der Waals surface area contributed by atoms with Gasteiger partial charge in [0.05, 0.1) is 10.2 Å². The van der Waals surface area contributed by atoms with Gasteiger partial charge in [0.2, 0.25) is 0 Å². The largest absolute Gasteiger partial charge is 0.473 e. The average molecular weight is 422 g/mol. The Hall–Kier alpha value is -2.07. The summed E-state index contributed by atoms with van der Waals surface area (Å²) in [6.45, 7) is 1.07. The van der Waals surface area contributed by atoms with Crippen molar-refractivity contribution in [3.63, 3.8) is 0 Å². The number of hydrogen-bond donors (Lipinski definition) is 1. The minimum absolute atomic E-state index is 0.0461. The van der Waals surface area contributed by atoms with Gasteiger partial charge in [-0.05, 0) is 37.0 Å². The van der Waals surface area contributed by atoms with E-state index in [9.17, 15) is 22.8 Å². The number of carboxylic acid groups (broad SMARTS) is 1. The first-order chi connectivity index (χ1) is 12.6. The fourth-order valence-corrected chi connectivity index (χ4v) is 4.34. The van der Waals surface area contributed by atoms with Crippen molar-refractivity contribution in [3.8, 4) is 0 Å². The van der Waals surface area contributed by atoms with Crippen LogP contribution in [0, 0.1) is 5.92 Å². The number of thiazole rings is 1. The summed E-state index contributed by atoms with van der Waals surface area (Å²) in [4.78, 5) is 26.9. The zero-order valence-electron chi connectivity index (χ0n) is 13.9. The molecule has 0 atom stereocenters. The second kappa shape index (κ2) is 7.51. The molecule has 11 heteroatoms. The van der Waals surface area contributed by atoms with Gasteiger partial charge in [-0.2, -0.15) is 18.2 Å². The van der Waals surface area contributed by atoms with Crippen molar-refractivity contribution in [2.24, 2.45) is 10.9 Å². The molecule has 2 aromatic rings. The third kappa shape index (κ3) is 4.44. The Kier molecular flexibility index (Phi) is 5.48. The topological polar surface area (TPSA) is 74.9 Å². The number of nitrogens with zero attached hydrogens (tertiary/aromatic N) is 3. The smallest absolute Gasteiger partial charge is 0.465 e. The van der Waals surface area contributed by atoms with Crippen LogP contribution in [0.25, 0.3) is 10.2 Å². The number of alkyl halides is 3. The van der Waals surface area contributed by atoms with Gasteiger partial charge in [-0.1, -0.05) is 22.9 Å². The number of carbonyl (C=O) groups excluding carboxylic acids is 1. The minimum Gasteiger partial charge on any atom is -0.465 e. The number of fused-ring (bicyclic) bond motifs is 1. The quantitative estimate of drug-likeness (QED) is 0.802. The SMILES string of the molecule is O=C(O)N1CCC(Cn2c(=NC(=O)C(F)(F)F)sc3cc(Cl)ccc32)CC1. The highest BCUT2D eigenvalue weighted by molar-refractivity contribution is 7.16. The maximum Gasteiger partial charge on any atom is 0.473 e. The Morgan fingerprint density at radius 1 is 1.30 bits per heavy atom. The predicted octanol–water partition coefficient (Wildman–Crippen LogP) is 3.74. The summed E-state index contributed by atoms with van der Waals surface area (Å²) in [5.74, 6) is -2.09. The van der Waals surface area contributed by atoms with Gasteiger partial charge >= 0.3 is 18.2 Å². The molecule has 3 rings (SSSR count). The molecule has 0 aliphatic carbocycles. The highest BCUT2D eigenvalue weighted by Gasteiger charge is 2.38. The van der Waals surface area contributed by atoms with E-state index in [0.29, 0.717) is 47.7 Å². The number of piperidine rings is 1. The van der Waals surface area contributed by atoms with Crippen LogP contribution < -0.4 is 4.80 Å². The van der Waals surface area contributed by atoms with E-state index in [1.807, 2.05) is 0 Å². The molecule has 1 N–H and O–H groups in total. The highest BCUT2D eigenvalue weighted by atomic mass is 35.5. The predicted molar refractivity (Wildman–Crippen MR) is 93.8 cm³/mol. The Balaban J connectivity index is 1.95. The average Bonchev–Trinajstić information content (AvgIpc) is 2.91. The molecule has 2 heterocycles. The van der Waals surface area contributed by atoms with Crippen LogP contribution in [-0.4, -0.2) is 45.8 Å². The van der Waals surface area contributed by atoms with E-state index in [-0.39, 0.29) is 10.7 Å². The summed E-state index contributed by atoms with van der Waals surface area (Å²) in [5, 5.41) is 9.45. The van der Waals surface area contributed by atoms with Crippen molar-refractivity contribution in [1.82, 2.24) is 9.47 Å². The van der Waals surface area contributed by atoms with E-state index < -0.39 is 18.2 Å². The van der Waals surface area contributed by atoms with Crippen molar-refractivity contribution in [2.75, 3.05) is 13.1 Å². The number of likely N-dealkylation sites (tertiary alicyclic amines) is 1. The van der Waals surface area contributed by atoms with Crippen LogP contribution in [0.4, 0.5) is 18.0 Å². The zero-order valence-corrected chi connectivity index (χ0v) is 15.4. The Morgan fingerprint density at radius 3 is 2.56 bits per heavy atom. The molecular formula is C16H15ClF3N3O3S. The van der Waals surface area contributed by atoms with Crippen LogP contribution in [0.3, 0.4) is 0 Å². The number of benzene rings is 1. The molecule has 27 heavy (non-hydrogen) atoms. The number of halogens is 4. The van der Waals surface area contributed by atoms with E-state index in [2.05, 4.69) is 4.99 Å². The van der Waals surface area contributed by atoms with Gasteiger partial charge in [0, 0.05) is 24.7 Å². The summed E-state index contributed by atoms with van der Waals surface area (Å²) >= 11 is 6.92. The Labute approximate surface area is 160 Å². The second-order valence-electron chi connectivity index (χ2n) is 6.24. The minimum atomic E-state index is -5.04. The van der Waals surface area contributed by atoms with Crippen LogP contribution in [0.15, 0.2) is 23.2 Å². The van der Waals surface area contributed by atoms with Gasteiger partial charge in [-0.15, -0.1) is 0 Å². The van der Waals surface area contributed by atoms with Crippen LogP contribution in [0.5, 0.6) is 0 Å². The number of aromatic nitrogens is 1. The number of amides is 2. The first-order valence-corrected chi connectivity index (χ1v) is 9.27. The lowest BCUT2D eigenvalue weighted by Crippen LogP contribution is -2.39. The lowest BCUT2D eigenvalue weighted by atomic mass is 9.97. The molecule has 146 valence electrons. The van der Waals surface area contributed by atoms with E-state index >= 15 is 0 Å². The van der Waals surface area contributed by atoms with Gasteiger partial charge in [0.15, 0.2) is 4.80 Å². The first kappa shape index (κ1) is 19.7. The van der Waals surface area contributed by atoms with Gasteiger partial charge < -0.3 is 14.6 Å². The van der Waals surface area contributed by atoms with Crippen molar-refractivity contribution in [3.05, 3.63) is 28.0 Å². The Morgan fingerprint density at radius 2 is 1.96 bits per heavy atom. The molecule has 0 radical (unpaired) electrons. The van der Waals surface area contributed by atoms with Crippen LogP contribution in [0.2, 0.25) is 5.02 Å². The summed E-state index contributed by atoms with van der Waals surface area (Å²) in [5.41, 5.74) is 0.638. The molecule has 1 fully saturated rings. The molecule has 1 saturated heterocycles. The van der Waals surface area contributed by atoms with Crippen molar-refractivity contribution < 1.29 is 27.9 Å². The fourth-order valence-electron chi connectivity index (χ4n) is 3.02. The van der Waals surface area contributed by atoms with E-state index in [1.165, 1.54) is 4.90 Å². The van der Waals surface area contributed by atoms with Crippen molar-refractivity contribution >= 4 is 45.2 Å².